The molecule has 0 aliphatic heterocycles. The molecular formula is C13H15N3O3. The molecule has 19 heavy (non-hydrogen) atoms. The molecule has 1 aromatic carbocycles. The standard InChI is InChI=1S/C13H15N3O3/c14-13(4-1-5-13)7-11-15-12(16-19-11)8-2-3-9(17)10(18)6-8/h2-3,6,17-18H,1,4-5,7,14H2. The third-order valence-corrected chi connectivity index (χ3v) is 3.55. The molecule has 0 bridgehead atoms. The van der Waals surface area contributed by atoms with Gasteiger partial charge in [-0.1, -0.05) is 5.16 Å². The Morgan fingerprint density at radius 1 is 1.26 bits per heavy atom. The maximum Gasteiger partial charge on any atom is 0.228 e. The minimum atomic E-state index is -0.210. The number of benzene rings is 1. The van der Waals surface area contributed by atoms with Crippen LogP contribution in [0.15, 0.2) is 22.7 Å². The van der Waals surface area contributed by atoms with Crippen molar-refractivity contribution in [3.63, 3.8) is 0 Å². The summed E-state index contributed by atoms with van der Waals surface area (Å²) in [5.41, 5.74) is 6.51. The normalized spacial score (nSPS) is 17.1. The van der Waals surface area contributed by atoms with E-state index in [-0.39, 0.29) is 17.0 Å². The van der Waals surface area contributed by atoms with Gasteiger partial charge in [0, 0.05) is 17.5 Å². The lowest BCUT2D eigenvalue weighted by Crippen LogP contribution is -2.48. The van der Waals surface area contributed by atoms with Crippen LogP contribution in [-0.2, 0) is 6.42 Å². The van der Waals surface area contributed by atoms with Gasteiger partial charge in [-0.25, -0.2) is 0 Å². The SMILES string of the molecule is NC1(Cc2nc(-c3ccc(O)c(O)c3)no2)CCC1. The number of phenols is 2. The molecule has 1 fully saturated rings. The Balaban J connectivity index is 1.82. The Morgan fingerprint density at radius 3 is 2.68 bits per heavy atom. The Bertz CT molecular complexity index is 605. The summed E-state index contributed by atoms with van der Waals surface area (Å²) in [6, 6.07) is 4.40. The zero-order valence-electron chi connectivity index (χ0n) is 10.3. The van der Waals surface area contributed by atoms with Gasteiger partial charge >= 0.3 is 0 Å². The molecule has 0 unspecified atom stereocenters. The molecule has 2 aromatic rings. The number of hydrogen-bond donors (Lipinski definition) is 3. The van der Waals surface area contributed by atoms with Crippen LogP contribution in [0, 0.1) is 0 Å². The van der Waals surface area contributed by atoms with Gasteiger partial charge in [-0.05, 0) is 37.5 Å². The lowest BCUT2D eigenvalue weighted by atomic mass is 9.75. The van der Waals surface area contributed by atoms with Gasteiger partial charge in [0.25, 0.3) is 0 Å². The maximum atomic E-state index is 9.45. The molecule has 1 aliphatic rings. The number of nitrogens with two attached hydrogens (primary N) is 1. The van der Waals surface area contributed by atoms with Gasteiger partial charge in [-0.15, -0.1) is 0 Å². The van der Waals surface area contributed by atoms with Crippen LogP contribution in [0.1, 0.15) is 25.2 Å². The summed E-state index contributed by atoms with van der Waals surface area (Å²) in [5.74, 6) is 0.499. The average molecular weight is 261 g/mol. The van der Waals surface area contributed by atoms with E-state index >= 15 is 0 Å². The minimum Gasteiger partial charge on any atom is -0.504 e. The van der Waals surface area contributed by atoms with Crippen molar-refractivity contribution in [3.05, 3.63) is 24.1 Å². The summed E-state index contributed by atoms with van der Waals surface area (Å²) in [6.07, 6.45) is 3.67. The maximum absolute atomic E-state index is 9.45. The molecule has 0 amide bonds. The van der Waals surface area contributed by atoms with Gasteiger partial charge in [0.05, 0.1) is 0 Å². The highest BCUT2D eigenvalue weighted by molar-refractivity contribution is 5.59. The van der Waals surface area contributed by atoms with E-state index in [2.05, 4.69) is 10.1 Å². The molecule has 0 radical (unpaired) electrons. The predicted octanol–water partition coefficient (Wildman–Crippen LogP) is 1.57. The van der Waals surface area contributed by atoms with E-state index in [1.807, 2.05) is 0 Å². The van der Waals surface area contributed by atoms with Crippen molar-refractivity contribution in [2.75, 3.05) is 0 Å². The smallest absolute Gasteiger partial charge is 0.228 e. The van der Waals surface area contributed by atoms with Gasteiger partial charge in [-0.3, -0.25) is 0 Å². The zero-order valence-corrected chi connectivity index (χ0v) is 10.3. The fraction of sp³-hybridized carbons (Fsp3) is 0.385. The first-order valence-corrected chi connectivity index (χ1v) is 6.20. The second-order valence-electron chi connectivity index (χ2n) is 5.11. The van der Waals surface area contributed by atoms with Crippen LogP contribution in [0.5, 0.6) is 11.5 Å². The number of rotatable bonds is 3. The van der Waals surface area contributed by atoms with E-state index in [0.29, 0.717) is 23.7 Å². The summed E-state index contributed by atoms with van der Waals surface area (Å²) in [7, 11) is 0. The van der Waals surface area contributed by atoms with E-state index in [0.717, 1.165) is 19.3 Å². The molecule has 4 N–H and O–H groups in total. The summed E-state index contributed by atoms with van der Waals surface area (Å²) in [6.45, 7) is 0. The second-order valence-corrected chi connectivity index (χ2v) is 5.11. The van der Waals surface area contributed by atoms with Crippen LogP contribution in [-0.4, -0.2) is 25.9 Å². The number of nitrogens with zero attached hydrogens (tertiary/aromatic N) is 2. The van der Waals surface area contributed by atoms with Gasteiger partial charge in [0.2, 0.25) is 11.7 Å². The highest BCUT2D eigenvalue weighted by atomic mass is 16.5. The van der Waals surface area contributed by atoms with Crippen LogP contribution >= 0.6 is 0 Å². The highest BCUT2D eigenvalue weighted by Gasteiger charge is 2.34. The molecular weight excluding hydrogens is 246 g/mol. The fourth-order valence-corrected chi connectivity index (χ4v) is 2.22. The Kier molecular flexibility index (Phi) is 2.67. The number of aromatic nitrogens is 2. The van der Waals surface area contributed by atoms with Gasteiger partial charge < -0.3 is 20.5 Å². The van der Waals surface area contributed by atoms with E-state index in [4.69, 9.17) is 10.3 Å². The first kappa shape index (κ1) is 12.0. The van der Waals surface area contributed by atoms with Crippen molar-refractivity contribution in [2.45, 2.75) is 31.2 Å². The van der Waals surface area contributed by atoms with Crippen LogP contribution in [0.3, 0.4) is 0 Å². The molecule has 0 atom stereocenters. The zero-order chi connectivity index (χ0) is 13.5. The Morgan fingerprint density at radius 2 is 2.05 bits per heavy atom. The van der Waals surface area contributed by atoms with E-state index in [1.54, 1.807) is 6.07 Å². The summed E-state index contributed by atoms with van der Waals surface area (Å²) < 4.78 is 5.18. The van der Waals surface area contributed by atoms with Crippen LogP contribution in [0.2, 0.25) is 0 Å². The largest absolute Gasteiger partial charge is 0.504 e. The molecule has 1 aliphatic carbocycles. The van der Waals surface area contributed by atoms with Crippen LogP contribution in [0.4, 0.5) is 0 Å². The molecule has 1 aromatic heterocycles. The quantitative estimate of drug-likeness (QED) is 0.724. The molecule has 100 valence electrons. The molecule has 0 spiro atoms. The highest BCUT2D eigenvalue weighted by Crippen LogP contribution is 2.33. The predicted molar refractivity (Wildman–Crippen MR) is 67.5 cm³/mol. The monoisotopic (exact) mass is 261 g/mol. The van der Waals surface area contributed by atoms with E-state index in [9.17, 15) is 10.2 Å². The Hall–Kier alpha value is -2.08. The number of hydrogen-bond acceptors (Lipinski definition) is 6. The second kappa shape index (κ2) is 4.24. The molecule has 1 heterocycles. The summed E-state index contributed by atoms with van der Waals surface area (Å²) >= 11 is 0. The average Bonchev–Trinajstić information content (AvgIpc) is 2.79. The van der Waals surface area contributed by atoms with E-state index < -0.39 is 0 Å². The fourth-order valence-electron chi connectivity index (χ4n) is 2.22. The summed E-state index contributed by atoms with van der Waals surface area (Å²) in [5, 5.41) is 22.6. The van der Waals surface area contributed by atoms with Gasteiger partial charge in [0.1, 0.15) is 0 Å². The third kappa shape index (κ3) is 2.26. The lowest BCUT2D eigenvalue weighted by Gasteiger charge is -2.36. The molecule has 0 saturated heterocycles. The summed E-state index contributed by atoms with van der Waals surface area (Å²) in [4.78, 5) is 4.27. The van der Waals surface area contributed by atoms with Gasteiger partial charge in [-0.2, -0.15) is 4.98 Å². The molecule has 6 heteroatoms. The van der Waals surface area contributed by atoms with Crippen molar-refractivity contribution < 1.29 is 14.7 Å². The molecule has 6 nitrogen and oxygen atoms in total. The van der Waals surface area contributed by atoms with Crippen molar-refractivity contribution in [2.24, 2.45) is 5.73 Å². The first-order chi connectivity index (χ1) is 9.06. The van der Waals surface area contributed by atoms with Crippen molar-refractivity contribution in [1.29, 1.82) is 0 Å². The van der Waals surface area contributed by atoms with Gasteiger partial charge in [0.15, 0.2) is 11.5 Å². The van der Waals surface area contributed by atoms with Crippen molar-refractivity contribution in [3.8, 4) is 22.9 Å². The van der Waals surface area contributed by atoms with Crippen molar-refractivity contribution in [1.82, 2.24) is 10.1 Å². The first-order valence-electron chi connectivity index (χ1n) is 6.20. The Labute approximate surface area is 109 Å². The number of phenolic OH excluding ortho intramolecular Hbond substituents is 2. The van der Waals surface area contributed by atoms with Crippen LogP contribution in [0.25, 0.3) is 11.4 Å². The van der Waals surface area contributed by atoms with Crippen LogP contribution < -0.4 is 5.73 Å². The van der Waals surface area contributed by atoms with E-state index in [1.165, 1.54) is 12.1 Å². The van der Waals surface area contributed by atoms with Crippen molar-refractivity contribution >= 4 is 0 Å². The topological polar surface area (TPSA) is 105 Å². The molecule has 3 rings (SSSR count). The minimum absolute atomic E-state index is 0.178. The lowest BCUT2D eigenvalue weighted by molar-refractivity contribution is 0.222. The number of aromatic hydroxyl groups is 2. The third-order valence-electron chi connectivity index (χ3n) is 3.55. The molecule has 1 saturated carbocycles.